The lowest BCUT2D eigenvalue weighted by atomic mass is 10.1. The monoisotopic (exact) mass is 283 g/mol. The Morgan fingerprint density at radius 3 is 2.81 bits per heavy atom. The van der Waals surface area contributed by atoms with Gasteiger partial charge in [-0.05, 0) is 25.5 Å². The molecule has 21 heavy (non-hydrogen) atoms. The minimum atomic E-state index is -0.352. The molecule has 0 spiro atoms. The Kier molecular flexibility index (Phi) is 3.02. The topological polar surface area (TPSA) is 92.1 Å². The van der Waals surface area contributed by atoms with E-state index in [1.165, 1.54) is 10.6 Å². The summed E-state index contributed by atoms with van der Waals surface area (Å²) in [5.41, 5.74) is 1.05. The predicted octanol–water partition coefficient (Wildman–Crippen LogP) is 1.29. The van der Waals surface area contributed by atoms with Crippen molar-refractivity contribution < 1.29 is 4.79 Å². The number of hydrogen-bond acceptors (Lipinski definition) is 4. The van der Waals surface area contributed by atoms with Crippen molar-refractivity contribution >= 4 is 17.5 Å². The van der Waals surface area contributed by atoms with Crippen LogP contribution >= 0.6 is 0 Å². The number of carbonyl (C=O) groups is 1. The number of amides is 1. The van der Waals surface area contributed by atoms with Gasteiger partial charge >= 0.3 is 0 Å². The van der Waals surface area contributed by atoms with Crippen LogP contribution in [0.1, 0.15) is 21.7 Å². The van der Waals surface area contributed by atoms with Crippen molar-refractivity contribution in [2.45, 2.75) is 13.8 Å². The fourth-order valence-corrected chi connectivity index (χ4v) is 2.10. The average molecular weight is 283 g/mol. The van der Waals surface area contributed by atoms with Gasteiger partial charge in [-0.3, -0.25) is 14.6 Å². The SMILES string of the molecule is Cc1nc2[nH]c(=O)cc(NC(=O)c3ccccc3C)n2n1. The van der Waals surface area contributed by atoms with E-state index in [0.29, 0.717) is 17.2 Å². The molecule has 3 aromatic rings. The molecule has 1 amide bonds. The van der Waals surface area contributed by atoms with Crippen LogP contribution in [0, 0.1) is 13.8 Å². The number of aromatic nitrogens is 4. The van der Waals surface area contributed by atoms with E-state index in [1.54, 1.807) is 19.1 Å². The molecule has 0 aliphatic rings. The summed E-state index contributed by atoms with van der Waals surface area (Å²) in [5.74, 6) is 0.777. The number of H-pyrrole nitrogens is 1. The van der Waals surface area contributed by atoms with Crippen molar-refractivity contribution in [2.75, 3.05) is 5.32 Å². The molecular weight excluding hydrogens is 270 g/mol. The van der Waals surface area contributed by atoms with Gasteiger partial charge in [0.05, 0.1) is 0 Å². The summed E-state index contributed by atoms with van der Waals surface area (Å²) in [6, 6.07) is 8.49. The van der Waals surface area contributed by atoms with E-state index in [0.717, 1.165) is 5.56 Å². The van der Waals surface area contributed by atoms with Gasteiger partial charge in [-0.25, -0.2) is 0 Å². The van der Waals surface area contributed by atoms with E-state index in [1.807, 2.05) is 19.1 Å². The third-order valence-corrected chi connectivity index (χ3v) is 3.08. The average Bonchev–Trinajstić information content (AvgIpc) is 2.79. The van der Waals surface area contributed by atoms with Crippen LogP contribution in [0.15, 0.2) is 35.1 Å². The Balaban J connectivity index is 2.04. The van der Waals surface area contributed by atoms with Gasteiger partial charge in [-0.1, -0.05) is 18.2 Å². The predicted molar refractivity (Wildman–Crippen MR) is 77.5 cm³/mol. The zero-order valence-corrected chi connectivity index (χ0v) is 11.5. The molecule has 0 atom stereocenters. The number of aromatic amines is 1. The lowest BCUT2D eigenvalue weighted by Gasteiger charge is -2.08. The molecule has 0 unspecified atom stereocenters. The first-order chi connectivity index (χ1) is 10.0. The van der Waals surface area contributed by atoms with Crippen LogP contribution in [-0.2, 0) is 0 Å². The molecule has 0 saturated carbocycles. The van der Waals surface area contributed by atoms with Gasteiger partial charge < -0.3 is 5.32 Å². The van der Waals surface area contributed by atoms with Crippen molar-refractivity contribution in [1.29, 1.82) is 0 Å². The second-order valence-electron chi connectivity index (χ2n) is 4.68. The number of aryl methyl sites for hydroxylation is 2. The second-order valence-corrected chi connectivity index (χ2v) is 4.68. The van der Waals surface area contributed by atoms with Gasteiger partial charge in [0.25, 0.3) is 11.5 Å². The quantitative estimate of drug-likeness (QED) is 0.741. The molecule has 0 fully saturated rings. The van der Waals surface area contributed by atoms with Crippen LogP contribution in [0.25, 0.3) is 5.78 Å². The van der Waals surface area contributed by atoms with E-state index in [2.05, 4.69) is 20.4 Å². The number of nitrogens with one attached hydrogen (secondary N) is 2. The lowest BCUT2D eigenvalue weighted by molar-refractivity contribution is 0.102. The highest BCUT2D eigenvalue weighted by Gasteiger charge is 2.13. The molecule has 1 aromatic carbocycles. The fourth-order valence-electron chi connectivity index (χ4n) is 2.10. The van der Waals surface area contributed by atoms with Crippen molar-refractivity contribution in [3.63, 3.8) is 0 Å². The molecule has 0 aliphatic carbocycles. The van der Waals surface area contributed by atoms with Crippen molar-refractivity contribution in [1.82, 2.24) is 19.6 Å². The van der Waals surface area contributed by atoms with Crippen LogP contribution in [0.4, 0.5) is 5.82 Å². The van der Waals surface area contributed by atoms with Crippen LogP contribution < -0.4 is 10.9 Å². The molecular formula is C14H13N5O2. The summed E-state index contributed by atoms with van der Waals surface area (Å²) in [7, 11) is 0. The van der Waals surface area contributed by atoms with Crippen LogP contribution in [-0.4, -0.2) is 25.5 Å². The molecule has 106 valence electrons. The maximum Gasteiger partial charge on any atom is 0.257 e. The summed E-state index contributed by atoms with van der Waals surface area (Å²) in [6.07, 6.45) is 0. The summed E-state index contributed by atoms with van der Waals surface area (Å²) >= 11 is 0. The summed E-state index contributed by atoms with van der Waals surface area (Å²) in [4.78, 5) is 30.6. The zero-order chi connectivity index (χ0) is 15.0. The van der Waals surface area contributed by atoms with Gasteiger partial charge in [0.15, 0.2) is 0 Å². The zero-order valence-electron chi connectivity index (χ0n) is 11.5. The molecule has 7 nitrogen and oxygen atoms in total. The molecule has 3 rings (SSSR count). The molecule has 0 saturated heterocycles. The minimum absolute atomic E-state index is 0.280. The number of nitrogens with zero attached hydrogens (tertiary/aromatic N) is 3. The van der Waals surface area contributed by atoms with E-state index in [9.17, 15) is 9.59 Å². The molecule has 2 aromatic heterocycles. The third-order valence-electron chi connectivity index (χ3n) is 3.08. The van der Waals surface area contributed by atoms with Gasteiger partial charge in [0, 0.05) is 11.6 Å². The summed E-state index contributed by atoms with van der Waals surface area (Å²) < 4.78 is 1.40. The van der Waals surface area contributed by atoms with Gasteiger partial charge in [-0.2, -0.15) is 9.50 Å². The summed E-state index contributed by atoms with van der Waals surface area (Å²) in [6.45, 7) is 3.56. The molecule has 0 bridgehead atoms. The van der Waals surface area contributed by atoms with Crippen molar-refractivity contribution in [3.8, 4) is 0 Å². The Hall–Kier alpha value is -2.96. The normalized spacial score (nSPS) is 10.8. The fraction of sp³-hybridized carbons (Fsp3) is 0.143. The van der Waals surface area contributed by atoms with Crippen LogP contribution in [0.3, 0.4) is 0 Å². The first-order valence-corrected chi connectivity index (χ1v) is 6.38. The largest absolute Gasteiger partial charge is 0.306 e. The Morgan fingerprint density at radius 2 is 2.05 bits per heavy atom. The molecule has 2 N–H and O–H groups in total. The second kappa shape index (κ2) is 4.86. The highest BCUT2D eigenvalue weighted by atomic mass is 16.2. The molecule has 0 aliphatic heterocycles. The first kappa shape index (κ1) is 13.0. The number of rotatable bonds is 2. The van der Waals surface area contributed by atoms with Gasteiger partial charge in [-0.15, -0.1) is 5.10 Å². The van der Waals surface area contributed by atoms with Crippen LogP contribution in [0.5, 0.6) is 0 Å². The highest BCUT2D eigenvalue weighted by Crippen LogP contribution is 2.11. The van der Waals surface area contributed by atoms with Crippen LogP contribution in [0.2, 0.25) is 0 Å². The number of hydrogen-bond donors (Lipinski definition) is 2. The minimum Gasteiger partial charge on any atom is -0.306 e. The number of fused-ring (bicyclic) bond motifs is 1. The molecule has 0 radical (unpaired) electrons. The third kappa shape index (κ3) is 2.40. The Morgan fingerprint density at radius 1 is 1.29 bits per heavy atom. The smallest absolute Gasteiger partial charge is 0.257 e. The lowest BCUT2D eigenvalue weighted by Crippen LogP contribution is -2.19. The molecule has 7 heteroatoms. The van der Waals surface area contributed by atoms with E-state index >= 15 is 0 Å². The number of benzene rings is 1. The van der Waals surface area contributed by atoms with Gasteiger partial charge in [0.1, 0.15) is 11.6 Å². The number of anilines is 1. The highest BCUT2D eigenvalue weighted by molar-refractivity contribution is 6.04. The maximum absolute atomic E-state index is 12.3. The van der Waals surface area contributed by atoms with Gasteiger partial charge in [0.2, 0.25) is 5.78 Å². The van der Waals surface area contributed by atoms with E-state index in [-0.39, 0.29) is 17.3 Å². The maximum atomic E-state index is 12.3. The molecule has 2 heterocycles. The Bertz CT molecular complexity index is 894. The van der Waals surface area contributed by atoms with E-state index in [4.69, 9.17) is 0 Å². The summed E-state index contributed by atoms with van der Waals surface area (Å²) in [5, 5.41) is 6.84. The van der Waals surface area contributed by atoms with Crippen molar-refractivity contribution in [3.05, 3.63) is 57.6 Å². The standard InChI is InChI=1S/C14H13N5O2/c1-8-5-3-4-6-10(8)13(21)16-11-7-12(20)17-14-15-9(2)18-19(11)14/h3-7H,1-2H3,(H,16,21)(H,15,17,18,20). The number of carbonyl (C=O) groups excluding carboxylic acids is 1. The Labute approximate surface area is 119 Å². The van der Waals surface area contributed by atoms with Crippen molar-refractivity contribution in [2.24, 2.45) is 0 Å². The first-order valence-electron chi connectivity index (χ1n) is 6.38. The van der Waals surface area contributed by atoms with E-state index < -0.39 is 0 Å².